The molecule has 1 unspecified atom stereocenters. The van der Waals surface area contributed by atoms with Gasteiger partial charge in [0.15, 0.2) is 0 Å². The van der Waals surface area contributed by atoms with Gasteiger partial charge < -0.3 is 5.32 Å². The molecular weight excluding hydrogens is 201 g/mol. The highest BCUT2D eigenvalue weighted by atomic mass is 19.1. The van der Waals surface area contributed by atoms with Gasteiger partial charge in [0.2, 0.25) is 0 Å². The van der Waals surface area contributed by atoms with Gasteiger partial charge >= 0.3 is 0 Å². The van der Waals surface area contributed by atoms with Gasteiger partial charge in [-0.3, -0.25) is 0 Å². The number of para-hydroxylation sites is 1. The fourth-order valence-corrected chi connectivity index (χ4v) is 1.72. The lowest BCUT2D eigenvalue weighted by Gasteiger charge is -2.18. The number of rotatable bonds is 5. The molecule has 0 spiro atoms. The number of aryl methyl sites for hydroxylation is 1. The first-order valence-electron chi connectivity index (χ1n) is 6.02. The van der Waals surface area contributed by atoms with Crippen LogP contribution in [0, 0.1) is 18.7 Å². The van der Waals surface area contributed by atoms with Crippen molar-refractivity contribution < 1.29 is 4.39 Å². The zero-order valence-corrected chi connectivity index (χ0v) is 10.7. The minimum absolute atomic E-state index is 0.156. The van der Waals surface area contributed by atoms with Crippen molar-refractivity contribution in [3.05, 3.63) is 29.6 Å². The quantitative estimate of drug-likeness (QED) is 0.781. The first-order valence-corrected chi connectivity index (χ1v) is 6.02. The maximum absolute atomic E-state index is 13.5. The Balaban J connectivity index is 2.59. The molecule has 1 nitrogen and oxygen atoms in total. The first-order chi connectivity index (χ1) is 7.50. The summed E-state index contributed by atoms with van der Waals surface area (Å²) in [5.74, 6) is 0.544. The molecule has 1 rings (SSSR count). The molecule has 90 valence electrons. The summed E-state index contributed by atoms with van der Waals surface area (Å²) in [5, 5.41) is 3.26. The first kappa shape index (κ1) is 13.0. The lowest BCUT2D eigenvalue weighted by atomic mass is 10.0. The number of hydrogen-bond acceptors (Lipinski definition) is 1. The summed E-state index contributed by atoms with van der Waals surface area (Å²) in [7, 11) is 0. The van der Waals surface area contributed by atoms with Gasteiger partial charge in [0, 0.05) is 6.04 Å². The van der Waals surface area contributed by atoms with E-state index in [2.05, 4.69) is 26.1 Å². The van der Waals surface area contributed by atoms with Crippen LogP contribution < -0.4 is 5.32 Å². The molecule has 0 aromatic heterocycles. The molecule has 0 heterocycles. The molecule has 1 atom stereocenters. The van der Waals surface area contributed by atoms with E-state index in [1.54, 1.807) is 6.07 Å². The molecule has 1 N–H and O–H groups in total. The molecule has 2 heteroatoms. The van der Waals surface area contributed by atoms with E-state index in [1.165, 1.54) is 12.5 Å². The third-order valence-corrected chi connectivity index (χ3v) is 2.79. The second-order valence-corrected chi connectivity index (χ2v) is 4.95. The van der Waals surface area contributed by atoms with Crippen molar-refractivity contribution in [2.24, 2.45) is 5.92 Å². The number of halogens is 1. The molecule has 1 aromatic carbocycles. The van der Waals surface area contributed by atoms with Crippen molar-refractivity contribution in [1.29, 1.82) is 0 Å². The molecule has 0 aliphatic carbocycles. The molecule has 0 amide bonds. The van der Waals surface area contributed by atoms with Crippen molar-refractivity contribution in [2.75, 3.05) is 5.32 Å². The topological polar surface area (TPSA) is 12.0 Å². The smallest absolute Gasteiger partial charge is 0.146 e. The summed E-state index contributed by atoms with van der Waals surface area (Å²) in [6.45, 7) is 8.46. The Bertz CT molecular complexity index is 313. The predicted octanol–water partition coefficient (Wildman–Crippen LogP) is 4.37. The Morgan fingerprint density at radius 3 is 2.44 bits per heavy atom. The van der Waals surface area contributed by atoms with Gasteiger partial charge in [0.1, 0.15) is 5.82 Å². The molecule has 1 aromatic rings. The van der Waals surface area contributed by atoms with Gasteiger partial charge in [-0.1, -0.05) is 26.0 Å². The van der Waals surface area contributed by atoms with Crippen LogP contribution in [0.15, 0.2) is 18.2 Å². The van der Waals surface area contributed by atoms with E-state index in [-0.39, 0.29) is 5.82 Å². The van der Waals surface area contributed by atoms with Crippen LogP contribution >= 0.6 is 0 Å². The van der Waals surface area contributed by atoms with Crippen LogP contribution in [0.2, 0.25) is 0 Å². The van der Waals surface area contributed by atoms with E-state index in [4.69, 9.17) is 0 Å². The van der Waals surface area contributed by atoms with Crippen LogP contribution in [-0.2, 0) is 0 Å². The summed E-state index contributed by atoms with van der Waals surface area (Å²) in [5.41, 5.74) is 1.62. The Morgan fingerprint density at radius 1 is 1.19 bits per heavy atom. The molecule has 0 radical (unpaired) electrons. The lowest BCUT2D eigenvalue weighted by molar-refractivity contribution is 0.525. The van der Waals surface area contributed by atoms with Gasteiger partial charge in [0.05, 0.1) is 5.69 Å². The van der Waals surface area contributed by atoms with E-state index in [0.717, 1.165) is 12.0 Å². The van der Waals surface area contributed by atoms with Gasteiger partial charge in [-0.05, 0) is 44.2 Å². The van der Waals surface area contributed by atoms with Crippen LogP contribution in [0.5, 0.6) is 0 Å². The summed E-state index contributed by atoms with van der Waals surface area (Å²) in [6.07, 6.45) is 2.24. The van der Waals surface area contributed by atoms with Crippen molar-refractivity contribution in [2.45, 2.75) is 46.6 Å². The highest BCUT2D eigenvalue weighted by Gasteiger charge is 2.09. The number of anilines is 1. The van der Waals surface area contributed by atoms with Crippen molar-refractivity contribution in [3.63, 3.8) is 0 Å². The Morgan fingerprint density at radius 2 is 1.88 bits per heavy atom. The minimum Gasteiger partial charge on any atom is -0.380 e. The molecular formula is C14H22FN. The van der Waals surface area contributed by atoms with Crippen LogP contribution in [-0.4, -0.2) is 6.04 Å². The zero-order valence-electron chi connectivity index (χ0n) is 10.7. The molecule has 16 heavy (non-hydrogen) atoms. The van der Waals surface area contributed by atoms with Gasteiger partial charge in [-0.15, -0.1) is 0 Å². The molecule has 0 bridgehead atoms. The molecule has 0 saturated heterocycles. The van der Waals surface area contributed by atoms with E-state index in [9.17, 15) is 4.39 Å². The maximum atomic E-state index is 13.5. The third-order valence-electron chi connectivity index (χ3n) is 2.79. The monoisotopic (exact) mass is 223 g/mol. The molecule has 0 saturated carbocycles. The Kier molecular flexibility index (Phi) is 4.78. The molecule has 0 fully saturated rings. The summed E-state index contributed by atoms with van der Waals surface area (Å²) < 4.78 is 13.5. The molecule has 0 aliphatic rings. The van der Waals surface area contributed by atoms with Crippen molar-refractivity contribution >= 4 is 5.69 Å². The fraction of sp³-hybridized carbons (Fsp3) is 0.571. The minimum atomic E-state index is -0.156. The SMILES string of the molecule is Cc1cccc(F)c1NC(C)CCC(C)C. The zero-order chi connectivity index (χ0) is 12.1. The fourth-order valence-electron chi connectivity index (χ4n) is 1.72. The largest absolute Gasteiger partial charge is 0.380 e. The van der Waals surface area contributed by atoms with Crippen molar-refractivity contribution in [1.82, 2.24) is 0 Å². The summed E-state index contributed by atoms with van der Waals surface area (Å²) in [6, 6.07) is 5.50. The predicted molar refractivity (Wildman–Crippen MR) is 68.3 cm³/mol. The van der Waals surface area contributed by atoms with E-state index in [0.29, 0.717) is 17.6 Å². The van der Waals surface area contributed by atoms with E-state index >= 15 is 0 Å². The number of benzene rings is 1. The van der Waals surface area contributed by atoms with E-state index in [1.807, 2.05) is 13.0 Å². The van der Waals surface area contributed by atoms with Gasteiger partial charge in [-0.2, -0.15) is 0 Å². The average Bonchev–Trinajstić information content (AvgIpc) is 2.21. The number of nitrogens with one attached hydrogen (secondary N) is 1. The van der Waals surface area contributed by atoms with E-state index < -0.39 is 0 Å². The standard InChI is InChI=1S/C14H22FN/c1-10(2)8-9-12(4)16-14-11(3)6-5-7-13(14)15/h5-7,10,12,16H,8-9H2,1-4H3. The van der Waals surface area contributed by atoms with Gasteiger partial charge in [0.25, 0.3) is 0 Å². The van der Waals surface area contributed by atoms with Crippen molar-refractivity contribution in [3.8, 4) is 0 Å². The highest BCUT2D eigenvalue weighted by molar-refractivity contribution is 5.52. The average molecular weight is 223 g/mol. The van der Waals surface area contributed by atoms with Crippen LogP contribution in [0.1, 0.15) is 39.2 Å². The molecule has 0 aliphatic heterocycles. The summed E-state index contributed by atoms with van der Waals surface area (Å²) in [4.78, 5) is 0. The normalized spacial score (nSPS) is 12.9. The number of hydrogen-bond donors (Lipinski definition) is 1. The maximum Gasteiger partial charge on any atom is 0.146 e. The van der Waals surface area contributed by atoms with Crippen LogP contribution in [0.4, 0.5) is 10.1 Å². The Labute approximate surface area is 98.1 Å². The van der Waals surface area contributed by atoms with Gasteiger partial charge in [-0.25, -0.2) is 4.39 Å². The second kappa shape index (κ2) is 5.88. The lowest BCUT2D eigenvalue weighted by Crippen LogP contribution is -2.17. The Hall–Kier alpha value is -1.05. The second-order valence-electron chi connectivity index (χ2n) is 4.95. The third kappa shape index (κ3) is 3.84. The van der Waals surface area contributed by atoms with Crippen LogP contribution in [0.3, 0.4) is 0 Å². The highest BCUT2D eigenvalue weighted by Crippen LogP contribution is 2.21. The van der Waals surface area contributed by atoms with Crippen LogP contribution in [0.25, 0.3) is 0 Å². The summed E-state index contributed by atoms with van der Waals surface area (Å²) >= 11 is 0.